The van der Waals surface area contributed by atoms with Crippen molar-refractivity contribution < 1.29 is 19.1 Å². The second kappa shape index (κ2) is 17.5. The summed E-state index contributed by atoms with van der Waals surface area (Å²) in [6.07, 6.45) is 7.46. The Hall–Kier alpha value is -1.62. The molecule has 11 heteroatoms. The summed E-state index contributed by atoms with van der Waals surface area (Å²) in [7, 11) is 0. The molecule has 2 saturated heterocycles. The molecule has 3 amide bonds. The van der Waals surface area contributed by atoms with Gasteiger partial charge in [0, 0.05) is 37.2 Å². The fourth-order valence-electron chi connectivity index (χ4n) is 5.65. The Morgan fingerprint density at radius 3 is 2.44 bits per heavy atom. The normalized spacial score (nSPS) is 21.2. The highest BCUT2D eigenvalue weighted by Gasteiger charge is 2.38. The molecule has 0 spiro atoms. The Labute approximate surface area is 260 Å². The van der Waals surface area contributed by atoms with E-state index < -0.39 is 18.2 Å². The third kappa shape index (κ3) is 10.9. The first-order valence-corrected chi connectivity index (χ1v) is 17.2. The molecule has 1 saturated carbocycles. The van der Waals surface area contributed by atoms with Gasteiger partial charge < -0.3 is 15.4 Å². The summed E-state index contributed by atoms with van der Waals surface area (Å²) >= 11 is 3.29. The molecular weight excluding hydrogens is 580 g/mol. The average Bonchev–Trinajstić information content (AvgIpc) is 3.45. The van der Waals surface area contributed by atoms with Gasteiger partial charge in [-0.25, -0.2) is 4.79 Å². The molecule has 2 N–H and O–H groups in total. The number of nitrogens with zero attached hydrogens (tertiary/aromatic N) is 2. The maximum absolute atomic E-state index is 13.5. The zero-order valence-corrected chi connectivity index (χ0v) is 26.9. The molecule has 3 aliphatic rings. The number of carbonyl (C=O) groups is 3. The Bertz CT molecular complexity index is 959. The summed E-state index contributed by atoms with van der Waals surface area (Å²) < 4.78 is 5.35. The highest BCUT2D eigenvalue weighted by molar-refractivity contribution is 7.99. The van der Waals surface area contributed by atoms with Gasteiger partial charge >= 0.3 is 6.09 Å². The van der Waals surface area contributed by atoms with Gasteiger partial charge in [-0.05, 0) is 56.8 Å². The number of rotatable bonds is 11. The highest BCUT2D eigenvalue weighted by atomic mass is 35.5. The van der Waals surface area contributed by atoms with Crippen molar-refractivity contribution in [3.8, 4) is 0 Å². The van der Waals surface area contributed by atoms with Gasteiger partial charge in [0.15, 0.2) is 0 Å². The Morgan fingerprint density at radius 1 is 1.05 bits per heavy atom. The first-order valence-electron chi connectivity index (χ1n) is 14.9. The lowest BCUT2D eigenvalue weighted by molar-refractivity contribution is -0.131. The van der Waals surface area contributed by atoms with Crippen molar-refractivity contribution in [3.05, 3.63) is 35.9 Å². The summed E-state index contributed by atoms with van der Waals surface area (Å²) in [4.78, 5) is 43.4. The zero-order chi connectivity index (χ0) is 28.3. The predicted octanol–water partition coefficient (Wildman–Crippen LogP) is 4.91. The molecule has 0 aromatic heterocycles. The van der Waals surface area contributed by atoms with Crippen LogP contribution in [0.5, 0.6) is 0 Å². The van der Waals surface area contributed by atoms with Crippen molar-refractivity contribution in [2.75, 3.05) is 36.2 Å². The third-order valence-corrected chi connectivity index (χ3v) is 10.2. The van der Waals surface area contributed by atoms with E-state index in [9.17, 15) is 14.4 Å². The molecule has 8 nitrogen and oxygen atoms in total. The fourth-order valence-corrected chi connectivity index (χ4v) is 8.06. The van der Waals surface area contributed by atoms with Crippen LogP contribution < -0.4 is 10.6 Å². The van der Waals surface area contributed by atoms with Gasteiger partial charge in [-0.1, -0.05) is 49.6 Å². The smallest absolute Gasteiger partial charge is 0.411 e. The van der Waals surface area contributed by atoms with E-state index in [1.54, 1.807) is 25.6 Å². The number of piperidine rings is 1. The second-order valence-corrected chi connectivity index (χ2v) is 13.6. The van der Waals surface area contributed by atoms with E-state index >= 15 is 0 Å². The SMILES string of the molecule is CC(C)OC(=O)N1CSC[C@H]1C(=O)N[C@@H](CSCC1CCCCC1)C(=O)NC1CCN(Cc2ccccc2)CC1.Cl. The standard InChI is InChI=1S/C30H46N4O4S2.ClH/c1-22(2)38-30(37)34-21-40-20-27(34)29(36)32-26(19-39-18-24-11-7-4-8-12-24)28(35)31-25-13-15-33(16-14-25)17-23-9-5-3-6-10-23;/h3,5-6,9-10,22,24-27H,4,7-8,11-21H2,1-2H3,(H,31,35)(H,32,36);1H/t26-,27-;/m0./s1. The van der Waals surface area contributed by atoms with E-state index in [1.165, 1.54) is 54.3 Å². The number of halogens is 1. The van der Waals surface area contributed by atoms with E-state index in [1.807, 2.05) is 6.07 Å². The van der Waals surface area contributed by atoms with Crippen LogP contribution in [0.15, 0.2) is 30.3 Å². The van der Waals surface area contributed by atoms with Gasteiger partial charge in [0.25, 0.3) is 0 Å². The molecule has 4 rings (SSSR count). The van der Waals surface area contributed by atoms with Crippen LogP contribution in [0.4, 0.5) is 4.79 Å². The van der Waals surface area contributed by atoms with Gasteiger partial charge in [0.1, 0.15) is 12.1 Å². The summed E-state index contributed by atoms with van der Waals surface area (Å²) in [6, 6.07) is 9.32. The Balaban J connectivity index is 0.00000462. The maximum Gasteiger partial charge on any atom is 0.411 e. The van der Waals surface area contributed by atoms with Crippen LogP contribution >= 0.6 is 35.9 Å². The fraction of sp³-hybridized carbons (Fsp3) is 0.700. The number of hydrogen-bond donors (Lipinski definition) is 2. The molecule has 1 aromatic rings. The summed E-state index contributed by atoms with van der Waals surface area (Å²) in [5.74, 6) is 2.77. The van der Waals surface area contributed by atoms with Crippen LogP contribution in [0.25, 0.3) is 0 Å². The highest BCUT2D eigenvalue weighted by Crippen LogP contribution is 2.27. The second-order valence-electron chi connectivity index (χ2n) is 11.6. The number of carbonyl (C=O) groups excluding carboxylic acids is 3. The molecule has 0 radical (unpaired) electrons. The Morgan fingerprint density at radius 2 is 1.76 bits per heavy atom. The van der Waals surface area contributed by atoms with E-state index in [4.69, 9.17) is 4.74 Å². The number of ether oxygens (including phenoxy) is 1. The minimum absolute atomic E-state index is 0. The first-order chi connectivity index (χ1) is 19.4. The van der Waals surface area contributed by atoms with Crippen molar-refractivity contribution in [1.29, 1.82) is 0 Å². The van der Waals surface area contributed by atoms with E-state index in [0.29, 0.717) is 23.3 Å². The number of hydrogen-bond acceptors (Lipinski definition) is 7. The van der Waals surface area contributed by atoms with Crippen LogP contribution in [0, 0.1) is 5.92 Å². The van der Waals surface area contributed by atoms with Gasteiger partial charge in [-0.2, -0.15) is 11.8 Å². The monoisotopic (exact) mass is 626 g/mol. The lowest BCUT2D eigenvalue weighted by atomic mass is 9.91. The van der Waals surface area contributed by atoms with Gasteiger partial charge in [0.05, 0.1) is 12.0 Å². The van der Waals surface area contributed by atoms with Crippen LogP contribution in [-0.4, -0.2) is 88.2 Å². The van der Waals surface area contributed by atoms with Gasteiger partial charge in [0.2, 0.25) is 11.8 Å². The van der Waals surface area contributed by atoms with Crippen molar-refractivity contribution >= 4 is 53.8 Å². The van der Waals surface area contributed by atoms with E-state index in [2.05, 4.69) is 39.8 Å². The van der Waals surface area contributed by atoms with Gasteiger partial charge in [-0.15, -0.1) is 24.2 Å². The minimum atomic E-state index is -0.629. The summed E-state index contributed by atoms with van der Waals surface area (Å²) in [5, 5.41) is 6.26. The van der Waals surface area contributed by atoms with E-state index in [-0.39, 0.29) is 36.4 Å². The summed E-state index contributed by atoms with van der Waals surface area (Å²) in [6.45, 7) is 6.38. The predicted molar refractivity (Wildman–Crippen MR) is 171 cm³/mol. The molecule has 230 valence electrons. The molecule has 1 aromatic carbocycles. The quantitative estimate of drug-likeness (QED) is 0.361. The summed E-state index contributed by atoms with van der Waals surface area (Å²) in [5.41, 5.74) is 1.30. The molecule has 2 atom stereocenters. The maximum atomic E-state index is 13.5. The van der Waals surface area contributed by atoms with Crippen molar-refractivity contribution in [2.24, 2.45) is 5.92 Å². The largest absolute Gasteiger partial charge is 0.447 e. The Kier molecular flexibility index (Phi) is 14.4. The number of thioether (sulfide) groups is 2. The minimum Gasteiger partial charge on any atom is -0.447 e. The zero-order valence-electron chi connectivity index (χ0n) is 24.4. The molecule has 0 bridgehead atoms. The number of amides is 3. The number of benzene rings is 1. The van der Waals surface area contributed by atoms with Crippen LogP contribution in [-0.2, 0) is 20.9 Å². The molecule has 2 heterocycles. The molecule has 41 heavy (non-hydrogen) atoms. The van der Waals surface area contributed by atoms with Crippen LogP contribution in [0.3, 0.4) is 0 Å². The third-order valence-electron chi connectivity index (χ3n) is 7.93. The molecule has 1 aliphatic carbocycles. The van der Waals surface area contributed by atoms with Crippen LogP contribution in [0.1, 0.15) is 64.4 Å². The topological polar surface area (TPSA) is 91.0 Å². The molecule has 3 fully saturated rings. The molecule has 0 unspecified atom stereocenters. The van der Waals surface area contributed by atoms with Crippen LogP contribution in [0.2, 0.25) is 0 Å². The average molecular weight is 627 g/mol. The number of likely N-dealkylation sites (tertiary alicyclic amines) is 1. The molecule has 2 aliphatic heterocycles. The lowest BCUT2D eigenvalue weighted by Gasteiger charge is -2.33. The van der Waals surface area contributed by atoms with Crippen molar-refractivity contribution in [3.63, 3.8) is 0 Å². The lowest BCUT2D eigenvalue weighted by Crippen LogP contribution is -2.56. The molecular formula is C30H47ClN4O4S2. The van der Waals surface area contributed by atoms with Gasteiger partial charge in [-0.3, -0.25) is 19.4 Å². The van der Waals surface area contributed by atoms with Crippen molar-refractivity contribution in [2.45, 2.75) is 89.6 Å². The van der Waals surface area contributed by atoms with E-state index in [0.717, 1.165) is 38.2 Å². The first kappa shape index (κ1) is 33.9. The number of nitrogens with one attached hydrogen (secondary N) is 2. The van der Waals surface area contributed by atoms with Crippen molar-refractivity contribution in [1.82, 2.24) is 20.4 Å².